The Balaban J connectivity index is 1.73. The average molecular weight is 395 g/mol. The minimum absolute atomic E-state index is 0.254. The first-order chi connectivity index (χ1) is 13.3. The van der Waals surface area contributed by atoms with Gasteiger partial charge in [0.2, 0.25) is 0 Å². The molecule has 0 saturated heterocycles. The minimum atomic E-state index is -0.275. The van der Waals surface area contributed by atoms with E-state index in [9.17, 15) is 9.59 Å². The Morgan fingerprint density at radius 1 is 1.04 bits per heavy atom. The molecule has 144 valence electrons. The lowest BCUT2D eigenvalue weighted by atomic mass is 10.0. The smallest absolute Gasteiger partial charge is 0.321 e. The van der Waals surface area contributed by atoms with Crippen molar-refractivity contribution in [3.05, 3.63) is 64.5 Å². The van der Waals surface area contributed by atoms with Gasteiger partial charge in [-0.05, 0) is 37.6 Å². The van der Waals surface area contributed by atoms with Crippen molar-refractivity contribution >= 4 is 34.1 Å². The van der Waals surface area contributed by atoms with Crippen molar-refractivity contribution in [1.29, 1.82) is 0 Å². The second-order valence-corrected chi connectivity index (χ2v) is 7.57. The molecule has 2 N–H and O–H groups in total. The van der Waals surface area contributed by atoms with Gasteiger partial charge in [-0.3, -0.25) is 10.1 Å². The standard InChI is InChI=1S/C21H22N4O2S/c1-13-8-9-17(14(2)10-13)18-12-28-20(23-18)24-19(26)15-6-5-7-16(11-15)22-21(27)25(3)4/h5-12H,1-4H3,(H,22,27)(H,23,24,26). The van der Waals surface area contributed by atoms with E-state index < -0.39 is 0 Å². The Bertz CT molecular complexity index is 1030. The summed E-state index contributed by atoms with van der Waals surface area (Å²) in [7, 11) is 3.31. The zero-order valence-corrected chi connectivity index (χ0v) is 17.1. The van der Waals surface area contributed by atoms with Gasteiger partial charge in [0.15, 0.2) is 5.13 Å². The van der Waals surface area contributed by atoms with E-state index >= 15 is 0 Å². The molecule has 0 aliphatic heterocycles. The number of aryl methyl sites for hydroxylation is 2. The second-order valence-electron chi connectivity index (χ2n) is 6.72. The van der Waals surface area contributed by atoms with Gasteiger partial charge < -0.3 is 10.2 Å². The number of benzene rings is 2. The number of amides is 3. The Hall–Kier alpha value is -3.19. The number of nitrogens with one attached hydrogen (secondary N) is 2. The molecule has 6 nitrogen and oxygen atoms in total. The summed E-state index contributed by atoms with van der Waals surface area (Å²) < 4.78 is 0. The molecule has 0 bridgehead atoms. The summed E-state index contributed by atoms with van der Waals surface area (Å²) in [6, 6.07) is 12.7. The molecule has 3 amide bonds. The molecule has 0 fully saturated rings. The van der Waals surface area contributed by atoms with Crippen molar-refractivity contribution in [2.45, 2.75) is 13.8 Å². The van der Waals surface area contributed by atoms with Crippen LogP contribution in [-0.2, 0) is 0 Å². The summed E-state index contributed by atoms with van der Waals surface area (Å²) in [6.07, 6.45) is 0. The maximum absolute atomic E-state index is 12.6. The van der Waals surface area contributed by atoms with E-state index in [-0.39, 0.29) is 11.9 Å². The van der Waals surface area contributed by atoms with E-state index in [4.69, 9.17) is 0 Å². The molecule has 0 unspecified atom stereocenters. The van der Waals surface area contributed by atoms with Gasteiger partial charge in [0, 0.05) is 36.3 Å². The number of urea groups is 1. The topological polar surface area (TPSA) is 74.3 Å². The molecule has 3 rings (SSSR count). The van der Waals surface area contributed by atoms with Crippen LogP contribution < -0.4 is 10.6 Å². The number of aromatic nitrogens is 1. The zero-order valence-electron chi connectivity index (χ0n) is 16.2. The van der Waals surface area contributed by atoms with E-state index in [1.54, 1.807) is 38.4 Å². The normalized spacial score (nSPS) is 10.4. The van der Waals surface area contributed by atoms with Gasteiger partial charge in [-0.1, -0.05) is 29.8 Å². The monoisotopic (exact) mass is 394 g/mol. The van der Waals surface area contributed by atoms with E-state index in [1.165, 1.54) is 21.8 Å². The summed E-state index contributed by atoms with van der Waals surface area (Å²) in [6.45, 7) is 4.10. The van der Waals surface area contributed by atoms with Gasteiger partial charge in [-0.2, -0.15) is 0 Å². The van der Waals surface area contributed by atoms with Crippen LogP contribution in [0.2, 0.25) is 0 Å². The molecule has 0 radical (unpaired) electrons. The minimum Gasteiger partial charge on any atom is -0.331 e. The molecule has 0 atom stereocenters. The molecule has 1 heterocycles. The van der Waals surface area contributed by atoms with Crippen molar-refractivity contribution in [3.63, 3.8) is 0 Å². The largest absolute Gasteiger partial charge is 0.331 e. The van der Waals surface area contributed by atoms with Crippen molar-refractivity contribution in [2.75, 3.05) is 24.7 Å². The van der Waals surface area contributed by atoms with E-state index in [0.717, 1.165) is 16.8 Å². The van der Waals surface area contributed by atoms with Crippen LogP contribution in [0.4, 0.5) is 15.6 Å². The number of carbonyl (C=O) groups is 2. The summed E-state index contributed by atoms with van der Waals surface area (Å²) in [5.74, 6) is -0.275. The van der Waals surface area contributed by atoms with Gasteiger partial charge in [0.1, 0.15) is 0 Å². The molecule has 2 aromatic carbocycles. The summed E-state index contributed by atoms with van der Waals surface area (Å²) in [5.41, 5.74) is 5.24. The van der Waals surface area contributed by atoms with E-state index in [0.29, 0.717) is 16.4 Å². The van der Waals surface area contributed by atoms with Crippen LogP contribution in [-0.4, -0.2) is 35.9 Å². The van der Waals surface area contributed by atoms with Gasteiger partial charge >= 0.3 is 6.03 Å². The number of anilines is 2. The number of nitrogens with zero attached hydrogens (tertiary/aromatic N) is 2. The van der Waals surface area contributed by atoms with Gasteiger partial charge in [-0.15, -0.1) is 11.3 Å². The number of hydrogen-bond donors (Lipinski definition) is 2. The van der Waals surface area contributed by atoms with Crippen LogP contribution in [0.25, 0.3) is 11.3 Å². The highest BCUT2D eigenvalue weighted by Gasteiger charge is 2.12. The molecule has 3 aromatic rings. The van der Waals surface area contributed by atoms with Crippen LogP contribution >= 0.6 is 11.3 Å². The average Bonchev–Trinajstić information content (AvgIpc) is 3.10. The number of hydrogen-bond acceptors (Lipinski definition) is 4. The molecule has 0 aliphatic carbocycles. The SMILES string of the molecule is Cc1ccc(-c2csc(NC(=O)c3cccc(NC(=O)N(C)C)c3)n2)c(C)c1. The Morgan fingerprint density at radius 2 is 1.82 bits per heavy atom. The Morgan fingerprint density at radius 3 is 2.54 bits per heavy atom. The first-order valence-corrected chi connectivity index (χ1v) is 9.64. The van der Waals surface area contributed by atoms with Gasteiger partial charge in [0.25, 0.3) is 5.91 Å². The van der Waals surface area contributed by atoms with E-state index in [1.807, 2.05) is 24.4 Å². The first kappa shape index (κ1) is 19.6. The fourth-order valence-corrected chi connectivity index (χ4v) is 3.40. The lowest BCUT2D eigenvalue weighted by Crippen LogP contribution is -2.27. The van der Waals surface area contributed by atoms with Gasteiger partial charge in [-0.25, -0.2) is 9.78 Å². The summed E-state index contributed by atoms with van der Waals surface area (Å²) >= 11 is 1.38. The third kappa shape index (κ3) is 4.55. The Labute approximate surface area is 168 Å². The van der Waals surface area contributed by atoms with Crippen LogP contribution in [0, 0.1) is 13.8 Å². The van der Waals surface area contributed by atoms with Crippen LogP contribution in [0.15, 0.2) is 47.8 Å². The second kappa shape index (κ2) is 8.22. The fraction of sp³-hybridized carbons (Fsp3) is 0.190. The fourth-order valence-electron chi connectivity index (χ4n) is 2.70. The predicted octanol–water partition coefficient (Wildman–Crippen LogP) is 4.77. The quantitative estimate of drug-likeness (QED) is 0.669. The van der Waals surface area contributed by atoms with Gasteiger partial charge in [0.05, 0.1) is 5.69 Å². The molecular formula is C21H22N4O2S. The highest BCUT2D eigenvalue weighted by Crippen LogP contribution is 2.28. The van der Waals surface area contributed by atoms with E-state index in [2.05, 4.69) is 28.6 Å². The highest BCUT2D eigenvalue weighted by atomic mass is 32.1. The van der Waals surface area contributed by atoms with Crippen molar-refractivity contribution in [1.82, 2.24) is 9.88 Å². The third-order valence-electron chi connectivity index (χ3n) is 4.16. The lowest BCUT2D eigenvalue weighted by molar-refractivity contribution is 0.102. The Kier molecular flexibility index (Phi) is 5.75. The molecular weight excluding hydrogens is 372 g/mol. The summed E-state index contributed by atoms with van der Waals surface area (Å²) in [5, 5.41) is 8.02. The first-order valence-electron chi connectivity index (χ1n) is 8.76. The molecule has 28 heavy (non-hydrogen) atoms. The molecule has 7 heteroatoms. The zero-order chi connectivity index (χ0) is 20.3. The lowest BCUT2D eigenvalue weighted by Gasteiger charge is -2.12. The predicted molar refractivity (Wildman–Crippen MR) is 114 cm³/mol. The number of thiazole rings is 1. The molecule has 0 aliphatic rings. The van der Waals surface area contributed by atoms with Crippen LogP contribution in [0.1, 0.15) is 21.5 Å². The van der Waals surface area contributed by atoms with Crippen molar-refractivity contribution < 1.29 is 9.59 Å². The van der Waals surface area contributed by atoms with Crippen LogP contribution in [0.5, 0.6) is 0 Å². The highest BCUT2D eigenvalue weighted by molar-refractivity contribution is 7.14. The maximum atomic E-state index is 12.6. The molecule has 1 aromatic heterocycles. The van der Waals surface area contributed by atoms with Crippen molar-refractivity contribution in [2.24, 2.45) is 0 Å². The summed E-state index contributed by atoms with van der Waals surface area (Å²) in [4.78, 5) is 30.3. The number of rotatable bonds is 4. The number of carbonyl (C=O) groups excluding carboxylic acids is 2. The molecule has 0 saturated carbocycles. The van der Waals surface area contributed by atoms with Crippen LogP contribution in [0.3, 0.4) is 0 Å². The molecule has 0 spiro atoms. The maximum Gasteiger partial charge on any atom is 0.321 e. The van der Waals surface area contributed by atoms with Crippen molar-refractivity contribution in [3.8, 4) is 11.3 Å². The third-order valence-corrected chi connectivity index (χ3v) is 4.92.